The van der Waals surface area contributed by atoms with Crippen molar-refractivity contribution in [3.05, 3.63) is 34.3 Å². The Kier molecular flexibility index (Phi) is 4.70. The summed E-state index contributed by atoms with van der Waals surface area (Å²) >= 11 is 3.59. The van der Waals surface area contributed by atoms with Crippen LogP contribution in [0.15, 0.2) is 28.7 Å². The van der Waals surface area contributed by atoms with Gasteiger partial charge in [0.15, 0.2) is 0 Å². The molecule has 106 valence electrons. The first-order chi connectivity index (χ1) is 8.97. The molecule has 0 spiro atoms. The van der Waals surface area contributed by atoms with E-state index in [-0.39, 0.29) is 0 Å². The van der Waals surface area contributed by atoms with Crippen LogP contribution >= 0.6 is 15.9 Å². The molecule has 0 atom stereocenters. The minimum Gasteiger partial charge on any atom is -0.383 e. The predicted octanol–water partition coefficient (Wildman–Crippen LogP) is 3.74. The fraction of sp³-hybridized carbons (Fsp3) is 0.625. The molecule has 3 heteroatoms. The summed E-state index contributed by atoms with van der Waals surface area (Å²) in [6.45, 7) is 7.46. The monoisotopic (exact) mass is 325 g/mol. The lowest BCUT2D eigenvalue weighted by molar-refractivity contribution is 0.0548. The van der Waals surface area contributed by atoms with Crippen LogP contribution in [0.3, 0.4) is 0 Å². The summed E-state index contributed by atoms with van der Waals surface area (Å²) in [5, 5.41) is 3.54. The molecular weight excluding hydrogens is 302 g/mol. The molecule has 1 aromatic carbocycles. The second kappa shape index (κ2) is 5.94. The normalized spacial score (nSPS) is 20.0. The van der Waals surface area contributed by atoms with Crippen LogP contribution in [0, 0.1) is 5.41 Å². The van der Waals surface area contributed by atoms with E-state index in [9.17, 15) is 0 Å². The van der Waals surface area contributed by atoms with Gasteiger partial charge in [-0.15, -0.1) is 0 Å². The lowest BCUT2D eigenvalue weighted by atomic mass is 9.52. The lowest BCUT2D eigenvalue weighted by Gasteiger charge is -2.54. The maximum Gasteiger partial charge on any atom is 0.0587 e. The molecule has 0 amide bonds. The fourth-order valence-corrected chi connectivity index (χ4v) is 3.93. The molecule has 0 radical (unpaired) electrons. The van der Waals surface area contributed by atoms with Gasteiger partial charge < -0.3 is 10.1 Å². The zero-order valence-corrected chi connectivity index (χ0v) is 13.7. The third-order valence-corrected chi connectivity index (χ3v) is 4.51. The summed E-state index contributed by atoms with van der Waals surface area (Å²) < 4.78 is 6.28. The summed E-state index contributed by atoms with van der Waals surface area (Å²) in [5.41, 5.74) is 2.21. The van der Waals surface area contributed by atoms with Crippen LogP contribution in [0.5, 0.6) is 0 Å². The third kappa shape index (κ3) is 3.59. The molecule has 19 heavy (non-hydrogen) atoms. The topological polar surface area (TPSA) is 21.3 Å². The number of nitrogens with one attached hydrogen (secondary N) is 1. The molecule has 1 fully saturated rings. The highest BCUT2D eigenvalue weighted by atomic mass is 79.9. The molecule has 1 aromatic rings. The van der Waals surface area contributed by atoms with E-state index in [1.54, 1.807) is 7.11 Å². The van der Waals surface area contributed by atoms with Gasteiger partial charge in [-0.05, 0) is 36.0 Å². The van der Waals surface area contributed by atoms with E-state index in [4.69, 9.17) is 4.74 Å². The third-order valence-electron chi connectivity index (χ3n) is 4.02. The van der Waals surface area contributed by atoms with Crippen molar-refractivity contribution in [2.45, 2.75) is 32.1 Å². The van der Waals surface area contributed by atoms with Gasteiger partial charge in [0.05, 0.1) is 6.61 Å². The number of halogens is 1. The van der Waals surface area contributed by atoms with Crippen LogP contribution in [-0.2, 0) is 10.2 Å². The molecule has 0 bridgehead atoms. The standard InChI is InChI=1S/C16H24BrNO/c1-15(2)10-16(11-15,12-18-7-8-19-3)13-5-4-6-14(17)9-13/h4-6,9,18H,7-8,10-12H2,1-3H3. The summed E-state index contributed by atoms with van der Waals surface area (Å²) in [5.74, 6) is 0. The maximum atomic E-state index is 5.10. The van der Waals surface area contributed by atoms with Crippen LogP contribution < -0.4 is 5.32 Å². The largest absolute Gasteiger partial charge is 0.383 e. The van der Waals surface area contributed by atoms with Gasteiger partial charge in [0, 0.05) is 30.1 Å². The molecule has 0 aliphatic heterocycles. The van der Waals surface area contributed by atoms with Gasteiger partial charge in [-0.3, -0.25) is 0 Å². The Morgan fingerprint density at radius 1 is 1.32 bits per heavy atom. The van der Waals surface area contributed by atoms with E-state index in [0.29, 0.717) is 10.8 Å². The van der Waals surface area contributed by atoms with Crippen LogP contribution in [0.2, 0.25) is 0 Å². The van der Waals surface area contributed by atoms with Gasteiger partial charge in [0.1, 0.15) is 0 Å². The molecule has 0 aromatic heterocycles. The van der Waals surface area contributed by atoms with Crippen LogP contribution in [0.25, 0.3) is 0 Å². The Bertz CT molecular complexity index is 423. The van der Waals surface area contributed by atoms with Gasteiger partial charge in [-0.1, -0.05) is 41.9 Å². The molecule has 1 N–H and O–H groups in total. The molecular formula is C16H24BrNO. The SMILES string of the molecule is COCCNCC1(c2cccc(Br)c2)CC(C)(C)C1. The smallest absolute Gasteiger partial charge is 0.0587 e. The fourth-order valence-electron chi connectivity index (χ4n) is 3.53. The molecule has 1 aliphatic rings. The Morgan fingerprint density at radius 2 is 2.05 bits per heavy atom. The lowest BCUT2D eigenvalue weighted by Crippen LogP contribution is -2.52. The van der Waals surface area contributed by atoms with Crippen molar-refractivity contribution in [1.82, 2.24) is 5.32 Å². The Labute approximate surface area is 125 Å². The minimum absolute atomic E-state index is 0.293. The van der Waals surface area contributed by atoms with Gasteiger partial charge in [0.2, 0.25) is 0 Å². The molecule has 0 saturated heterocycles. The Balaban J connectivity index is 2.08. The van der Waals surface area contributed by atoms with Crippen molar-refractivity contribution in [3.8, 4) is 0 Å². The predicted molar refractivity (Wildman–Crippen MR) is 83.6 cm³/mol. The Morgan fingerprint density at radius 3 is 2.63 bits per heavy atom. The quantitative estimate of drug-likeness (QED) is 0.804. The Hall–Kier alpha value is -0.380. The highest BCUT2D eigenvalue weighted by molar-refractivity contribution is 9.10. The number of rotatable bonds is 6. The zero-order valence-electron chi connectivity index (χ0n) is 12.1. The molecule has 1 saturated carbocycles. The second-order valence-electron chi connectivity index (χ2n) is 6.48. The first-order valence-electron chi connectivity index (χ1n) is 6.93. The molecule has 2 rings (SSSR count). The van der Waals surface area contributed by atoms with E-state index in [0.717, 1.165) is 19.7 Å². The average Bonchev–Trinajstić information content (AvgIpc) is 2.32. The van der Waals surface area contributed by atoms with Crippen LogP contribution in [0.1, 0.15) is 32.3 Å². The summed E-state index contributed by atoms with van der Waals surface area (Å²) in [6.07, 6.45) is 2.49. The van der Waals surface area contributed by atoms with Gasteiger partial charge >= 0.3 is 0 Å². The molecule has 0 unspecified atom stereocenters. The van der Waals surface area contributed by atoms with E-state index >= 15 is 0 Å². The molecule has 1 aliphatic carbocycles. The zero-order chi connectivity index (χ0) is 13.9. The second-order valence-corrected chi connectivity index (χ2v) is 7.39. The van der Waals surface area contributed by atoms with Crippen molar-refractivity contribution < 1.29 is 4.74 Å². The number of ether oxygens (including phenoxy) is 1. The number of benzene rings is 1. The van der Waals surface area contributed by atoms with E-state index < -0.39 is 0 Å². The summed E-state index contributed by atoms with van der Waals surface area (Å²) in [7, 11) is 1.75. The highest BCUT2D eigenvalue weighted by Gasteiger charge is 2.49. The van der Waals surface area contributed by atoms with E-state index in [2.05, 4.69) is 59.4 Å². The minimum atomic E-state index is 0.293. The first kappa shape index (κ1) is 15.0. The van der Waals surface area contributed by atoms with Crippen molar-refractivity contribution in [2.75, 3.05) is 26.8 Å². The van der Waals surface area contributed by atoms with Crippen molar-refractivity contribution in [3.63, 3.8) is 0 Å². The number of hydrogen-bond donors (Lipinski definition) is 1. The van der Waals surface area contributed by atoms with Crippen LogP contribution in [0.4, 0.5) is 0 Å². The van der Waals surface area contributed by atoms with Crippen LogP contribution in [-0.4, -0.2) is 26.8 Å². The number of hydrogen-bond acceptors (Lipinski definition) is 2. The van der Waals surface area contributed by atoms with Gasteiger partial charge in [-0.2, -0.15) is 0 Å². The highest BCUT2D eigenvalue weighted by Crippen LogP contribution is 2.55. The van der Waals surface area contributed by atoms with Crippen molar-refractivity contribution in [1.29, 1.82) is 0 Å². The van der Waals surface area contributed by atoms with Crippen molar-refractivity contribution >= 4 is 15.9 Å². The first-order valence-corrected chi connectivity index (χ1v) is 7.73. The summed E-state index contributed by atoms with van der Waals surface area (Å²) in [6, 6.07) is 8.77. The summed E-state index contributed by atoms with van der Waals surface area (Å²) in [4.78, 5) is 0. The average molecular weight is 326 g/mol. The van der Waals surface area contributed by atoms with Gasteiger partial charge in [0.25, 0.3) is 0 Å². The number of methoxy groups -OCH3 is 1. The van der Waals surface area contributed by atoms with E-state index in [1.807, 2.05) is 0 Å². The maximum absolute atomic E-state index is 5.10. The molecule has 2 nitrogen and oxygen atoms in total. The molecule has 0 heterocycles. The van der Waals surface area contributed by atoms with Crippen molar-refractivity contribution in [2.24, 2.45) is 5.41 Å². The van der Waals surface area contributed by atoms with E-state index in [1.165, 1.54) is 22.9 Å². The van der Waals surface area contributed by atoms with Gasteiger partial charge in [-0.25, -0.2) is 0 Å².